The van der Waals surface area contributed by atoms with Crippen molar-refractivity contribution < 1.29 is 34.2 Å². The average Bonchev–Trinajstić information content (AvgIpc) is 3.63. The maximum absolute atomic E-state index is 13.3. The highest BCUT2D eigenvalue weighted by Crippen LogP contribution is 2.41. The molecule has 17 nitrogen and oxygen atoms in total. The predicted octanol–water partition coefficient (Wildman–Crippen LogP) is 1.05. The molecule has 0 aliphatic carbocycles. The number of aromatic nitrogens is 5. The molecule has 0 aromatic carbocycles. The number of oxime groups is 1. The van der Waals surface area contributed by atoms with Crippen molar-refractivity contribution in [2.45, 2.75) is 36.2 Å². The Morgan fingerprint density at radius 1 is 1.31 bits per heavy atom. The number of carboxylic acid groups (broad SMARTS) is 2. The third kappa shape index (κ3) is 6.58. The lowest BCUT2D eigenvalue weighted by molar-refractivity contribution is -0.150. The van der Waals surface area contributed by atoms with Gasteiger partial charge >= 0.3 is 11.9 Å². The highest BCUT2D eigenvalue weighted by molar-refractivity contribution is 8.01. The van der Waals surface area contributed by atoms with Crippen LogP contribution in [-0.2, 0) is 19.2 Å². The number of aryl methyl sites for hydroxylation is 1. The van der Waals surface area contributed by atoms with Gasteiger partial charge in [0.15, 0.2) is 15.9 Å². The van der Waals surface area contributed by atoms with Crippen LogP contribution in [0.5, 0.6) is 0 Å². The van der Waals surface area contributed by atoms with Crippen LogP contribution in [0.1, 0.15) is 34.8 Å². The van der Waals surface area contributed by atoms with Crippen LogP contribution in [-0.4, -0.2) is 97.1 Å². The molecule has 0 saturated carbocycles. The lowest BCUT2D eigenvalue weighted by Crippen LogP contribution is -2.71. The summed E-state index contributed by atoms with van der Waals surface area (Å²) in [5.74, 6) is -4.11. The van der Waals surface area contributed by atoms with Crippen LogP contribution in [0, 0.1) is 18.3 Å². The number of nitrogen functional groups attached to an aromatic ring is 1. The molecule has 3 aromatic heterocycles. The van der Waals surface area contributed by atoms with Crippen LogP contribution in [0.4, 0.5) is 5.13 Å². The number of thiocarbonyl (C=S) groups is 1. The fourth-order valence-corrected chi connectivity index (χ4v) is 7.44. The van der Waals surface area contributed by atoms with Gasteiger partial charge in [-0.25, -0.2) is 19.6 Å². The summed E-state index contributed by atoms with van der Waals surface area (Å²) in [4.78, 5) is 68.6. The number of carbonyl (C=O) groups excluding carboxylic acids is 2. The number of thioether (sulfide) groups is 2. The lowest BCUT2D eigenvalue weighted by atomic mass is 10.0. The standard InChI is InChI=1S/C24H20N10O7S4/c1-9-5-12(34-24(27-9)30-17(31-34)22(39)40)43-6-10-7-44-20-15(19(36)33(20)16(10)21(37)38)29-18(35)14(11-8-45-23(26)28-11)32-41-13(42)3-2-4-25/h5,8,15,20H,2-3,6-7H2,1H3,(H2,26,28)(H,29,35)(H,37,38)(H,39,40)/b32-14-/t15-,20-/m1/s1. The number of anilines is 1. The van der Waals surface area contributed by atoms with Gasteiger partial charge in [-0.15, -0.1) is 40.0 Å². The van der Waals surface area contributed by atoms with E-state index in [1.54, 1.807) is 13.0 Å². The third-order valence-corrected chi connectivity index (χ3v) is 9.56. The van der Waals surface area contributed by atoms with E-state index in [0.29, 0.717) is 16.3 Å². The van der Waals surface area contributed by atoms with Crippen molar-refractivity contribution in [2.24, 2.45) is 5.16 Å². The first-order valence-electron chi connectivity index (χ1n) is 12.7. The third-order valence-electron chi connectivity index (χ3n) is 6.19. The highest BCUT2D eigenvalue weighted by Gasteiger charge is 2.54. The second-order valence-electron chi connectivity index (χ2n) is 9.23. The molecule has 0 unspecified atom stereocenters. The van der Waals surface area contributed by atoms with Crippen LogP contribution in [0.2, 0.25) is 0 Å². The Kier molecular flexibility index (Phi) is 9.28. The van der Waals surface area contributed by atoms with E-state index in [2.05, 4.69) is 30.5 Å². The van der Waals surface area contributed by atoms with E-state index in [9.17, 15) is 29.4 Å². The molecule has 232 valence electrons. The first-order valence-corrected chi connectivity index (χ1v) is 16.0. The highest BCUT2D eigenvalue weighted by atomic mass is 32.2. The number of amides is 2. The van der Waals surface area contributed by atoms with Crippen molar-refractivity contribution in [3.8, 4) is 6.07 Å². The Hall–Kier alpha value is -4.65. The zero-order valence-corrected chi connectivity index (χ0v) is 26.1. The van der Waals surface area contributed by atoms with Crippen molar-refractivity contribution >= 4 is 92.5 Å². The van der Waals surface area contributed by atoms with Gasteiger partial charge in [-0.2, -0.15) is 14.8 Å². The minimum Gasteiger partial charge on any atom is -0.477 e. The number of carbonyl (C=O) groups is 4. The van der Waals surface area contributed by atoms with Crippen molar-refractivity contribution in [2.75, 3.05) is 17.2 Å². The predicted molar refractivity (Wildman–Crippen MR) is 164 cm³/mol. The molecule has 0 bridgehead atoms. The maximum atomic E-state index is 13.3. The monoisotopic (exact) mass is 688 g/mol. The number of aliphatic carboxylic acids is 1. The van der Waals surface area contributed by atoms with E-state index in [1.165, 1.54) is 33.4 Å². The molecule has 2 aliphatic rings. The molecule has 21 heteroatoms. The number of nitrogens with zero attached hydrogens (tertiary/aromatic N) is 8. The van der Waals surface area contributed by atoms with Crippen molar-refractivity contribution in [3.63, 3.8) is 0 Å². The molecule has 3 aromatic rings. The van der Waals surface area contributed by atoms with Crippen LogP contribution in [0.3, 0.4) is 0 Å². The van der Waals surface area contributed by atoms with Gasteiger partial charge in [0.1, 0.15) is 27.8 Å². The largest absolute Gasteiger partial charge is 0.477 e. The molecule has 2 atom stereocenters. The number of nitrogens with two attached hydrogens (primary N) is 1. The minimum absolute atomic E-state index is 0.0331. The maximum Gasteiger partial charge on any atom is 0.375 e. The van der Waals surface area contributed by atoms with Crippen LogP contribution >= 0.6 is 47.1 Å². The number of hydrogen-bond acceptors (Lipinski definition) is 16. The number of thiazole rings is 1. The Bertz CT molecular complexity index is 1860. The number of nitrogens with one attached hydrogen (secondary N) is 1. The van der Waals surface area contributed by atoms with Crippen LogP contribution in [0.25, 0.3) is 5.78 Å². The number of hydrogen-bond donors (Lipinski definition) is 4. The molecule has 5 rings (SSSR count). The van der Waals surface area contributed by atoms with Gasteiger partial charge in [-0.05, 0) is 30.8 Å². The molecule has 5 N–H and O–H groups in total. The smallest absolute Gasteiger partial charge is 0.375 e. The van der Waals surface area contributed by atoms with Gasteiger partial charge in [0.05, 0.1) is 6.07 Å². The Balaban J connectivity index is 1.33. The molecule has 0 spiro atoms. The van der Waals surface area contributed by atoms with E-state index in [4.69, 9.17) is 28.1 Å². The van der Waals surface area contributed by atoms with Gasteiger partial charge in [-0.1, -0.05) is 5.16 Å². The lowest BCUT2D eigenvalue weighted by Gasteiger charge is -2.49. The minimum atomic E-state index is -1.32. The van der Waals surface area contributed by atoms with Gasteiger partial charge < -0.3 is 26.1 Å². The zero-order valence-electron chi connectivity index (χ0n) is 22.9. The first kappa shape index (κ1) is 31.8. The fourth-order valence-electron chi connectivity index (χ4n) is 4.21. The molecule has 1 saturated heterocycles. The topological polar surface area (TPSA) is 251 Å². The van der Waals surface area contributed by atoms with E-state index < -0.39 is 41.0 Å². The second-order valence-corrected chi connectivity index (χ2v) is 12.7. The average molecular weight is 689 g/mol. The van der Waals surface area contributed by atoms with Crippen molar-refractivity contribution in [1.82, 2.24) is 34.8 Å². The number of aromatic carboxylic acids is 1. The second kappa shape index (κ2) is 13.1. The van der Waals surface area contributed by atoms with E-state index in [-0.39, 0.29) is 57.4 Å². The van der Waals surface area contributed by atoms with E-state index in [0.717, 1.165) is 16.2 Å². The normalized spacial score (nSPS) is 17.8. The molecular weight excluding hydrogens is 669 g/mol. The molecular formula is C24H20N10O7S4. The number of nitriles is 1. The molecule has 1 fully saturated rings. The molecule has 2 aliphatic heterocycles. The summed E-state index contributed by atoms with van der Waals surface area (Å²) in [6.45, 7) is 1.70. The fraction of sp³-hybridized carbons (Fsp3) is 0.292. The summed E-state index contributed by atoms with van der Waals surface area (Å²) in [5.41, 5.74) is 6.26. The van der Waals surface area contributed by atoms with Crippen molar-refractivity contribution in [1.29, 1.82) is 5.26 Å². The molecule has 0 radical (unpaired) electrons. The summed E-state index contributed by atoms with van der Waals surface area (Å²) in [5, 5.41) is 39.8. The quantitative estimate of drug-likeness (QED) is 0.0548. The summed E-state index contributed by atoms with van der Waals surface area (Å²) in [6.07, 6.45) is 0.195. The number of rotatable bonds is 11. The number of β-lactam (4-membered cyclic amide) rings is 1. The molecule has 5 heterocycles. The van der Waals surface area contributed by atoms with E-state index in [1.807, 2.05) is 6.07 Å². The summed E-state index contributed by atoms with van der Waals surface area (Å²) < 4.78 is 1.26. The Morgan fingerprint density at radius 2 is 2.09 bits per heavy atom. The molecule has 45 heavy (non-hydrogen) atoms. The van der Waals surface area contributed by atoms with Crippen molar-refractivity contribution in [3.05, 3.63) is 39.9 Å². The Morgan fingerprint density at radius 3 is 2.76 bits per heavy atom. The van der Waals surface area contributed by atoms with Crippen LogP contribution in [0.15, 0.2) is 32.9 Å². The van der Waals surface area contributed by atoms with Gasteiger partial charge in [0.25, 0.3) is 23.4 Å². The zero-order chi connectivity index (χ0) is 32.4. The number of fused-ring (bicyclic) bond motifs is 2. The SMILES string of the molecule is Cc1cc(SCC2=C(C(=O)O)N3C(=O)[C@@H](NC(=O)/C(=N\OC(=S)CCC#N)c4csc(N)n4)[C@H]3SC2)n2nc(C(=O)O)nc2n1. The molecule has 2 amide bonds. The summed E-state index contributed by atoms with van der Waals surface area (Å²) >= 11 is 8.52. The van der Waals surface area contributed by atoms with Gasteiger partial charge in [0.2, 0.25) is 0 Å². The number of carboxylic acids is 2. The Labute approximate surface area is 270 Å². The summed E-state index contributed by atoms with van der Waals surface area (Å²) in [7, 11) is 0. The summed E-state index contributed by atoms with van der Waals surface area (Å²) in [6, 6.07) is 2.50. The first-order chi connectivity index (χ1) is 21.5. The van der Waals surface area contributed by atoms with Crippen LogP contribution < -0.4 is 11.1 Å². The van der Waals surface area contributed by atoms with E-state index >= 15 is 0 Å². The van der Waals surface area contributed by atoms with Gasteiger partial charge in [0, 0.05) is 35.4 Å². The van der Waals surface area contributed by atoms with Gasteiger partial charge in [-0.3, -0.25) is 14.5 Å².